The summed E-state index contributed by atoms with van der Waals surface area (Å²) in [6.45, 7) is 4.24. The largest absolute Gasteiger partial charge is 0.392 e. The SMILES string of the molecule is CCCCC1CCN(C)C[C@H]1O. The Hall–Kier alpha value is -0.0800. The molecular formula is C10H21NO. The summed E-state index contributed by atoms with van der Waals surface area (Å²) in [5, 5.41) is 9.72. The van der Waals surface area contributed by atoms with Crippen molar-refractivity contribution in [3.63, 3.8) is 0 Å². The molecule has 72 valence electrons. The van der Waals surface area contributed by atoms with Crippen LogP contribution in [0.2, 0.25) is 0 Å². The first-order chi connectivity index (χ1) is 5.74. The number of aliphatic hydroxyl groups excluding tert-OH is 1. The molecule has 2 heteroatoms. The number of unbranched alkanes of at least 4 members (excludes halogenated alkanes) is 1. The Balaban J connectivity index is 2.25. The van der Waals surface area contributed by atoms with Gasteiger partial charge in [0.25, 0.3) is 0 Å². The standard InChI is InChI=1S/C10H21NO/c1-3-4-5-9-6-7-11(2)8-10(9)12/h9-10,12H,3-8H2,1-2H3/t9?,10-/m1/s1. The van der Waals surface area contributed by atoms with E-state index in [1.54, 1.807) is 0 Å². The minimum atomic E-state index is -0.0738. The number of likely N-dealkylation sites (N-methyl/N-ethyl adjacent to an activating group) is 1. The molecule has 0 radical (unpaired) electrons. The van der Waals surface area contributed by atoms with E-state index in [1.807, 2.05) is 0 Å². The third kappa shape index (κ3) is 2.76. The number of likely N-dealkylation sites (tertiary alicyclic amines) is 1. The van der Waals surface area contributed by atoms with E-state index in [-0.39, 0.29) is 6.10 Å². The second-order valence-electron chi connectivity index (χ2n) is 4.02. The van der Waals surface area contributed by atoms with Gasteiger partial charge >= 0.3 is 0 Å². The number of piperidine rings is 1. The minimum Gasteiger partial charge on any atom is -0.392 e. The summed E-state index contributed by atoms with van der Waals surface area (Å²) in [6.07, 6.45) is 4.84. The molecule has 1 aliphatic heterocycles. The Labute approximate surface area is 75.6 Å². The van der Waals surface area contributed by atoms with E-state index in [9.17, 15) is 5.11 Å². The van der Waals surface area contributed by atoms with Crippen molar-refractivity contribution in [2.24, 2.45) is 5.92 Å². The molecular weight excluding hydrogens is 150 g/mol. The van der Waals surface area contributed by atoms with Crippen LogP contribution in [-0.2, 0) is 0 Å². The van der Waals surface area contributed by atoms with Gasteiger partial charge in [-0.05, 0) is 32.4 Å². The summed E-state index contributed by atoms with van der Waals surface area (Å²) in [5.41, 5.74) is 0. The van der Waals surface area contributed by atoms with Gasteiger partial charge in [-0.25, -0.2) is 0 Å². The fourth-order valence-corrected chi connectivity index (χ4v) is 1.94. The summed E-state index contributed by atoms with van der Waals surface area (Å²) in [5.74, 6) is 0.571. The first-order valence-electron chi connectivity index (χ1n) is 5.10. The lowest BCUT2D eigenvalue weighted by molar-refractivity contribution is 0.0279. The van der Waals surface area contributed by atoms with Gasteiger partial charge in [-0.3, -0.25) is 0 Å². The number of nitrogens with zero attached hydrogens (tertiary/aromatic N) is 1. The van der Waals surface area contributed by atoms with Crippen LogP contribution in [-0.4, -0.2) is 36.2 Å². The van der Waals surface area contributed by atoms with Crippen molar-refractivity contribution >= 4 is 0 Å². The van der Waals surface area contributed by atoms with Crippen LogP contribution in [0.5, 0.6) is 0 Å². The van der Waals surface area contributed by atoms with Crippen molar-refractivity contribution in [1.82, 2.24) is 4.90 Å². The van der Waals surface area contributed by atoms with Crippen molar-refractivity contribution < 1.29 is 5.11 Å². The van der Waals surface area contributed by atoms with E-state index >= 15 is 0 Å². The number of β-amino-alcohol motifs (C(OH)–C–C–N with tert-alkyl or cyclic N) is 1. The molecule has 0 saturated carbocycles. The van der Waals surface area contributed by atoms with Crippen LogP contribution < -0.4 is 0 Å². The van der Waals surface area contributed by atoms with Crippen LogP contribution in [0.25, 0.3) is 0 Å². The summed E-state index contributed by atoms with van der Waals surface area (Å²) < 4.78 is 0. The fourth-order valence-electron chi connectivity index (χ4n) is 1.94. The van der Waals surface area contributed by atoms with Gasteiger partial charge in [0.2, 0.25) is 0 Å². The molecule has 1 saturated heterocycles. The van der Waals surface area contributed by atoms with Gasteiger partial charge in [0.05, 0.1) is 6.10 Å². The number of hydrogen-bond acceptors (Lipinski definition) is 2. The van der Waals surface area contributed by atoms with E-state index in [0.29, 0.717) is 5.92 Å². The van der Waals surface area contributed by atoms with Crippen molar-refractivity contribution in [3.8, 4) is 0 Å². The molecule has 1 unspecified atom stereocenters. The van der Waals surface area contributed by atoms with Gasteiger partial charge in [0.15, 0.2) is 0 Å². The summed E-state index contributed by atoms with van der Waals surface area (Å²) in [7, 11) is 2.08. The van der Waals surface area contributed by atoms with Gasteiger partial charge in [0.1, 0.15) is 0 Å². The van der Waals surface area contributed by atoms with Crippen LogP contribution in [0, 0.1) is 5.92 Å². The molecule has 2 nitrogen and oxygen atoms in total. The van der Waals surface area contributed by atoms with Gasteiger partial charge in [0, 0.05) is 6.54 Å². The van der Waals surface area contributed by atoms with E-state index in [4.69, 9.17) is 0 Å². The van der Waals surface area contributed by atoms with Gasteiger partial charge in [-0.1, -0.05) is 19.8 Å². The second-order valence-corrected chi connectivity index (χ2v) is 4.02. The second kappa shape index (κ2) is 4.83. The van der Waals surface area contributed by atoms with Crippen molar-refractivity contribution in [2.45, 2.75) is 38.7 Å². The highest BCUT2D eigenvalue weighted by Gasteiger charge is 2.24. The molecule has 0 spiro atoms. The molecule has 0 aromatic carbocycles. The zero-order chi connectivity index (χ0) is 8.97. The first kappa shape index (κ1) is 10.0. The molecule has 1 heterocycles. The summed E-state index contributed by atoms with van der Waals surface area (Å²) in [4.78, 5) is 2.22. The van der Waals surface area contributed by atoms with E-state index in [0.717, 1.165) is 13.1 Å². The quantitative estimate of drug-likeness (QED) is 0.695. The van der Waals surface area contributed by atoms with Crippen molar-refractivity contribution in [3.05, 3.63) is 0 Å². The summed E-state index contributed by atoms with van der Waals surface area (Å²) >= 11 is 0. The van der Waals surface area contributed by atoms with E-state index in [1.165, 1.54) is 25.7 Å². The van der Waals surface area contributed by atoms with Crippen LogP contribution in [0.4, 0.5) is 0 Å². The van der Waals surface area contributed by atoms with E-state index in [2.05, 4.69) is 18.9 Å². The van der Waals surface area contributed by atoms with Crippen LogP contribution >= 0.6 is 0 Å². The third-order valence-electron chi connectivity index (χ3n) is 2.85. The van der Waals surface area contributed by atoms with E-state index < -0.39 is 0 Å². The Morgan fingerprint density at radius 2 is 2.25 bits per heavy atom. The maximum absolute atomic E-state index is 9.72. The smallest absolute Gasteiger partial charge is 0.0695 e. The van der Waals surface area contributed by atoms with Crippen molar-refractivity contribution in [2.75, 3.05) is 20.1 Å². The predicted octanol–water partition coefficient (Wildman–Crippen LogP) is 1.49. The Kier molecular flexibility index (Phi) is 4.02. The zero-order valence-corrected chi connectivity index (χ0v) is 8.29. The molecule has 1 rings (SSSR count). The Morgan fingerprint density at radius 3 is 2.83 bits per heavy atom. The summed E-state index contributed by atoms with van der Waals surface area (Å²) in [6, 6.07) is 0. The van der Waals surface area contributed by atoms with Crippen molar-refractivity contribution in [1.29, 1.82) is 0 Å². The lowest BCUT2D eigenvalue weighted by Gasteiger charge is -2.33. The molecule has 0 bridgehead atoms. The average Bonchev–Trinajstić information content (AvgIpc) is 2.03. The molecule has 12 heavy (non-hydrogen) atoms. The fraction of sp³-hybridized carbons (Fsp3) is 1.00. The average molecular weight is 171 g/mol. The number of hydrogen-bond donors (Lipinski definition) is 1. The lowest BCUT2D eigenvalue weighted by Crippen LogP contribution is -2.41. The highest BCUT2D eigenvalue weighted by molar-refractivity contribution is 4.77. The maximum Gasteiger partial charge on any atom is 0.0695 e. The van der Waals surface area contributed by atoms with Crippen LogP contribution in [0.15, 0.2) is 0 Å². The molecule has 1 aliphatic rings. The molecule has 0 aromatic rings. The monoisotopic (exact) mass is 171 g/mol. The van der Waals surface area contributed by atoms with Crippen LogP contribution in [0.1, 0.15) is 32.6 Å². The van der Waals surface area contributed by atoms with Gasteiger partial charge < -0.3 is 10.0 Å². The van der Waals surface area contributed by atoms with Gasteiger partial charge in [-0.2, -0.15) is 0 Å². The van der Waals surface area contributed by atoms with Gasteiger partial charge in [-0.15, -0.1) is 0 Å². The highest BCUT2D eigenvalue weighted by atomic mass is 16.3. The number of aliphatic hydroxyl groups is 1. The molecule has 0 aromatic heterocycles. The maximum atomic E-state index is 9.72. The molecule has 2 atom stereocenters. The molecule has 1 fully saturated rings. The minimum absolute atomic E-state index is 0.0738. The lowest BCUT2D eigenvalue weighted by atomic mass is 9.89. The highest BCUT2D eigenvalue weighted by Crippen LogP contribution is 2.21. The topological polar surface area (TPSA) is 23.5 Å². The first-order valence-corrected chi connectivity index (χ1v) is 5.10. The molecule has 1 N–H and O–H groups in total. The third-order valence-corrected chi connectivity index (χ3v) is 2.85. The molecule has 0 aliphatic carbocycles. The zero-order valence-electron chi connectivity index (χ0n) is 8.29. The Morgan fingerprint density at radius 1 is 1.50 bits per heavy atom. The Bertz CT molecular complexity index is 125. The number of rotatable bonds is 3. The van der Waals surface area contributed by atoms with Crippen LogP contribution in [0.3, 0.4) is 0 Å². The predicted molar refractivity (Wildman–Crippen MR) is 51.1 cm³/mol. The normalized spacial score (nSPS) is 32.2. The molecule has 0 amide bonds.